The highest BCUT2D eigenvalue weighted by atomic mass is 19.1. The molecule has 2 aromatic rings. The van der Waals surface area contributed by atoms with Crippen LogP contribution in [-0.4, -0.2) is 24.8 Å². The number of nitrogens with one attached hydrogen (secondary N) is 1. The zero-order valence-corrected chi connectivity index (χ0v) is 12.5. The minimum atomic E-state index is -0.737. The summed E-state index contributed by atoms with van der Waals surface area (Å²) < 4.78 is 18.4. The van der Waals surface area contributed by atoms with E-state index in [0.29, 0.717) is 29.1 Å². The van der Waals surface area contributed by atoms with Crippen LogP contribution in [0.5, 0.6) is 5.75 Å². The van der Waals surface area contributed by atoms with Crippen molar-refractivity contribution in [1.82, 2.24) is 0 Å². The summed E-state index contributed by atoms with van der Waals surface area (Å²) in [7, 11) is 1.56. The van der Waals surface area contributed by atoms with Gasteiger partial charge in [-0.05, 0) is 24.3 Å². The number of nitrogens with zero attached hydrogens (tertiary/aromatic N) is 1. The molecule has 0 unspecified atom stereocenters. The number of anilines is 1. The number of rotatable bonds is 4. The average Bonchev–Trinajstić information content (AvgIpc) is 3.05. The smallest absolute Gasteiger partial charge is 0.268 e. The van der Waals surface area contributed by atoms with Gasteiger partial charge in [-0.2, -0.15) is 0 Å². The van der Waals surface area contributed by atoms with Crippen LogP contribution in [0.25, 0.3) is 0 Å². The minimum absolute atomic E-state index is 0.291. The molecule has 3 rings (SSSR count). The second kappa shape index (κ2) is 6.48. The lowest BCUT2D eigenvalue weighted by Crippen LogP contribution is -2.28. The van der Waals surface area contributed by atoms with Gasteiger partial charge in [-0.15, -0.1) is 0 Å². The molecule has 0 saturated heterocycles. The highest BCUT2D eigenvalue weighted by molar-refractivity contribution is 6.06. The molecule has 1 aliphatic heterocycles. The topological polar surface area (TPSA) is 59.9 Å². The van der Waals surface area contributed by atoms with Gasteiger partial charge in [0.05, 0.1) is 12.8 Å². The summed E-state index contributed by atoms with van der Waals surface area (Å²) in [5, 5.41) is 6.64. The quantitative estimate of drug-likeness (QED) is 0.944. The molecule has 2 aromatic carbocycles. The van der Waals surface area contributed by atoms with Gasteiger partial charge < -0.3 is 14.9 Å². The van der Waals surface area contributed by atoms with Crippen molar-refractivity contribution >= 4 is 17.3 Å². The number of hydrogen-bond donors (Lipinski definition) is 1. The Bertz CT molecular complexity index is 761. The van der Waals surface area contributed by atoms with Crippen LogP contribution in [0.2, 0.25) is 0 Å². The number of oxime groups is 1. The monoisotopic (exact) mass is 314 g/mol. The predicted molar refractivity (Wildman–Crippen MR) is 84.1 cm³/mol. The molecule has 6 heteroatoms. The molecule has 0 radical (unpaired) electrons. The van der Waals surface area contributed by atoms with E-state index in [1.54, 1.807) is 43.5 Å². The molecular formula is C17H15FN2O3. The van der Waals surface area contributed by atoms with Gasteiger partial charge in [-0.25, -0.2) is 4.39 Å². The van der Waals surface area contributed by atoms with E-state index in [-0.39, 0.29) is 11.7 Å². The summed E-state index contributed by atoms with van der Waals surface area (Å²) in [5.74, 6) is -0.0188. The Hall–Kier alpha value is -2.89. The normalized spacial score (nSPS) is 16.4. The molecule has 0 spiro atoms. The van der Waals surface area contributed by atoms with Crippen molar-refractivity contribution in [1.29, 1.82) is 0 Å². The lowest BCUT2D eigenvalue weighted by atomic mass is 10.0. The largest absolute Gasteiger partial charge is 0.497 e. The number of benzene rings is 2. The van der Waals surface area contributed by atoms with Crippen LogP contribution in [0.1, 0.15) is 12.0 Å². The Balaban J connectivity index is 1.64. The first-order valence-corrected chi connectivity index (χ1v) is 7.09. The van der Waals surface area contributed by atoms with Crippen LogP contribution >= 0.6 is 0 Å². The van der Waals surface area contributed by atoms with E-state index in [1.807, 2.05) is 0 Å². The van der Waals surface area contributed by atoms with Crippen molar-refractivity contribution in [3.8, 4) is 5.75 Å². The van der Waals surface area contributed by atoms with Crippen molar-refractivity contribution in [3.63, 3.8) is 0 Å². The van der Waals surface area contributed by atoms with Crippen molar-refractivity contribution in [2.75, 3.05) is 12.4 Å². The summed E-state index contributed by atoms with van der Waals surface area (Å²) in [5.41, 5.74) is 1.77. The van der Waals surface area contributed by atoms with E-state index in [0.717, 1.165) is 0 Å². The van der Waals surface area contributed by atoms with Crippen molar-refractivity contribution in [3.05, 3.63) is 59.9 Å². The van der Waals surface area contributed by atoms with Gasteiger partial charge in [-0.1, -0.05) is 23.4 Å². The molecule has 0 aromatic heterocycles. The first-order valence-electron chi connectivity index (χ1n) is 7.09. The van der Waals surface area contributed by atoms with Gasteiger partial charge in [0, 0.05) is 23.7 Å². The van der Waals surface area contributed by atoms with Gasteiger partial charge in [0.25, 0.3) is 5.91 Å². The fraction of sp³-hybridized carbons (Fsp3) is 0.176. The van der Waals surface area contributed by atoms with Crippen LogP contribution in [-0.2, 0) is 9.63 Å². The van der Waals surface area contributed by atoms with E-state index < -0.39 is 6.10 Å². The van der Waals surface area contributed by atoms with Crippen molar-refractivity contribution < 1.29 is 18.8 Å². The third kappa shape index (κ3) is 3.48. The zero-order chi connectivity index (χ0) is 16.2. The SMILES string of the molecule is COc1cccc(NC(=O)[C@H]2CC(c3cccc(F)c3)=NO2)c1. The predicted octanol–water partition coefficient (Wildman–Crippen LogP) is 2.97. The molecule has 0 aliphatic carbocycles. The Morgan fingerprint density at radius 1 is 1.30 bits per heavy atom. The summed E-state index contributed by atoms with van der Waals surface area (Å²) >= 11 is 0. The molecule has 1 atom stereocenters. The van der Waals surface area contributed by atoms with Gasteiger partial charge >= 0.3 is 0 Å². The van der Waals surface area contributed by atoms with Crippen LogP contribution in [0.4, 0.5) is 10.1 Å². The molecule has 23 heavy (non-hydrogen) atoms. The number of methoxy groups -OCH3 is 1. The Labute approximate surface area is 132 Å². The standard InChI is InChI=1S/C17H15FN2O3/c1-22-14-7-3-6-13(9-14)19-17(21)16-10-15(20-23-16)11-4-2-5-12(18)8-11/h2-9,16H,10H2,1H3,(H,19,21)/t16-/m1/s1. The van der Waals surface area contributed by atoms with Gasteiger partial charge in [0.1, 0.15) is 11.6 Å². The minimum Gasteiger partial charge on any atom is -0.497 e. The van der Waals surface area contributed by atoms with Crippen molar-refractivity contribution in [2.45, 2.75) is 12.5 Å². The lowest BCUT2D eigenvalue weighted by Gasteiger charge is -2.10. The number of carbonyl (C=O) groups is 1. The van der Waals surface area contributed by atoms with E-state index in [2.05, 4.69) is 10.5 Å². The lowest BCUT2D eigenvalue weighted by molar-refractivity contribution is -0.125. The number of hydrogen-bond acceptors (Lipinski definition) is 4. The number of ether oxygens (including phenoxy) is 1. The fourth-order valence-electron chi connectivity index (χ4n) is 2.28. The fourth-order valence-corrected chi connectivity index (χ4v) is 2.28. The highest BCUT2D eigenvalue weighted by Gasteiger charge is 2.29. The summed E-state index contributed by atoms with van der Waals surface area (Å²) in [6, 6.07) is 13.1. The first kappa shape index (κ1) is 15.0. The van der Waals surface area contributed by atoms with Gasteiger partial charge in [0.2, 0.25) is 6.10 Å². The third-order valence-corrected chi connectivity index (χ3v) is 3.46. The second-order valence-electron chi connectivity index (χ2n) is 5.07. The summed E-state index contributed by atoms with van der Waals surface area (Å²) in [6.45, 7) is 0. The maximum absolute atomic E-state index is 13.2. The maximum Gasteiger partial charge on any atom is 0.268 e. The first-order chi connectivity index (χ1) is 11.2. The average molecular weight is 314 g/mol. The van der Waals surface area contributed by atoms with Gasteiger partial charge in [-0.3, -0.25) is 4.79 Å². The molecule has 1 amide bonds. The van der Waals surface area contributed by atoms with E-state index in [4.69, 9.17) is 9.57 Å². The molecule has 0 bridgehead atoms. The second-order valence-corrected chi connectivity index (χ2v) is 5.07. The van der Waals surface area contributed by atoms with E-state index >= 15 is 0 Å². The van der Waals surface area contributed by atoms with Crippen LogP contribution in [0.15, 0.2) is 53.7 Å². The number of halogens is 1. The molecular weight excluding hydrogens is 299 g/mol. The molecule has 0 saturated carbocycles. The molecule has 1 aliphatic rings. The zero-order valence-electron chi connectivity index (χ0n) is 12.5. The van der Waals surface area contributed by atoms with Gasteiger partial charge in [0.15, 0.2) is 0 Å². The number of carbonyl (C=O) groups excluding carboxylic acids is 1. The Kier molecular flexibility index (Phi) is 4.23. The highest BCUT2D eigenvalue weighted by Crippen LogP contribution is 2.21. The Morgan fingerprint density at radius 2 is 2.13 bits per heavy atom. The van der Waals surface area contributed by atoms with Crippen molar-refractivity contribution in [2.24, 2.45) is 5.16 Å². The van der Waals surface area contributed by atoms with Crippen LogP contribution in [0.3, 0.4) is 0 Å². The molecule has 5 nitrogen and oxygen atoms in total. The maximum atomic E-state index is 13.2. The molecule has 0 fully saturated rings. The molecule has 1 heterocycles. The Morgan fingerprint density at radius 3 is 2.91 bits per heavy atom. The van der Waals surface area contributed by atoms with Crippen LogP contribution < -0.4 is 10.1 Å². The molecule has 1 N–H and O–H groups in total. The third-order valence-electron chi connectivity index (χ3n) is 3.46. The molecule has 118 valence electrons. The number of amides is 1. The van der Waals surface area contributed by atoms with Crippen LogP contribution in [0, 0.1) is 5.82 Å². The van der Waals surface area contributed by atoms with E-state index in [9.17, 15) is 9.18 Å². The summed E-state index contributed by atoms with van der Waals surface area (Å²) in [4.78, 5) is 17.4. The van der Waals surface area contributed by atoms with E-state index in [1.165, 1.54) is 12.1 Å². The summed E-state index contributed by atoms with van der Waals surface area (Å²) in [6.07, 6.45) is -0.446.